The van der Waals surface area contributed by atoms with E-state index in [2.05, 4.69) is 10.3 Å². The normalized spacial score (nSPS) is 13.5. The van der Waals surface area contributed by atoms with Crippen molar-refractivity contribution >= 4 is 28.4 Å². The summed E-state index contributed by atoms with van der Waals surface area (Å²) in [6, 6.07) is 16.0. The van der Waals surface area contributed by atoms with Crippen LogP contribution in [0.2, 0.25) is 0 Å². The zero-order valence-corrected chi connectivity index (χ0v) is 15.6. The number of anilines is 1. The fourth-order valence-corrected chi connectivity index (χ4v) is 3.35. The molecular formula is C22H21N3O3. The molecule has 1 saturated heterocycles. The molecule has 0 bridgehead atoms. The van der Waals surface area contributed by atoms with Crippen LogP contribution in [0, 0.1) is 0 Å². The maximum absolute atomic E-state index is 12.5. The predicted octanol–water partition coefficient (Wildman–Crippen LogP) is 3.73. The fourth-order valence-electron chi connectivity index (χ4n) is 3.35. The third kappa shape index (κ3) is 3.67. The summed E-state index contributed by atoms with van der Waals surface area (Å²) >= 11 is 0. The maximum Gasteiger partial charge on any atom is 0.274 e. The largest absolute Gasteiger partial charge is 0.497 e. The average molecular weight is 375 g/mol. The molecule has 1 N–H and O–H groups in total. The van der Waals surface area contributed by atoms with Crippen molar-refractivity contribution in [3.63, 3.8) is 0 Å². The van der Waals surface area contributed by atoms with Crippen LogP contribution in [0.25, 0.3) is 10.9 Å². The van der Waals surface area contributed by atoms with Gasteiger partial charge in [-0.1, -0.05) is 6.07 Å². The number of ether oxygens (including phenoxy) is 1. The zero-order valence-electron chi connectivity index (χ0n) is 15.6. The Kier molecular flexibility index (Phi) is 4.93. The second-order valence-electron chi connectivity index (χ2n) is 6.79. The number of nitrogens with one attached hydrogen (secondary N) is 1. The monoisotopic (exact) mass is 375 g/mol. The minimum Gasteiger partial charge on any atom is -0.497 e. The lowest BCUT2D eigenvalue weighted by Gasteiger charge is -2.15. The molecule has 6 nitrogen and oxygen atoms in total. The van der Waals surface area contributed by atoms with E-state index in [0.29, 0.717) is 16.9 Å². The SMILES string of the molecule is COc1ccc2nc(C(=O)Nc3ccc(C(=O)N4CCCC4)cc3)ccc2c1. The minimum atomic E-state index is -0.295. The van der Waals surface area contributed by atoms with Gasteiger partial charge in [-0.25, -0.2) is 4.98 Å². The van der Waals surface area contributed by atoms with Crippen LogP contribution in [0.5, 0.6) is 5.75 Å². The lowest BCUT2D eigenvalue weighted by molar-refractivity contribution is 0.0792. The number of nitrogens with zero attached hydrogens (tertiary/aromatic N) is 2. The first-order valence-corrected chi connectivity index (χ1v) is 9.29. The van der Waals surface area contributed by atoms with E-state index in [1.54, 1.807) is 37.4 Å². The van der Waals surface area contributed by atoms with E-state index in [1.165, 1.54) is 0 Å². The van der Waals surface area contributed by atoms with Crippen LogP contribution >= 0.6 is 0 Å². The number of benzene rings is 2. The van der Waals surface area contributed by atoms with Crippen molar-refractivity contribution < 1.29 is 14.3 Å². The van der Waals surface area contributed by atoms with Gasteiger partial charge in [0, 0.05) is 29.7 Å². The van der Waals surface area contributed by atoms with Crippen LogP contribution in [0.3, 0.4) is 0 Å². The molecule has 0 unspecified atom stereocenters. The third-order valence-corrected chi connectivity index (χ3v) is 4.91. The van der Waals surface area contributed by atoms with E-state index in [1.807, 2.05) is 29.2 Å². The summed E-state index contributed by atoms with van der Waals surface area (Å²) in [7, 11) is 1.61. The van der Waals surface area contributed by atoms with Gasteiger partial charge < -0.3 is 15.0 Å². The number of rotatable bonds is 4. The predicted molar refractivity (Wildman–Crippen MR) is 108 cm³/mol. The Morgan fingerprint density at radius 3 is 2.46 bits per heavy atom. The molecule has 1 fully saturated rings. The standard InChI is InChI=1S/C22H21N3O3/c1-28-18-9-11-19-16(14-18)6-10-20(24-19)21(26)23-17-7-4-15(5-8-17)22(27)25-12-2-3-13-25/h4-11,14H,2-3,12-13H2,1H3,(H,23,26). The van der Waals surface area contributed by atoms with E-state index in [0.717, 1.165) is 42.6 Å². The molecule has 3 aromatic rings. The van der Waals surface area contributed by atoms with E-state index in [-0.39, 0.29) is 11.8 Å². The summed E-state index contributed by atoms with van der Waals surface area (Å²) < 4.78 is 5.20. The second-order valence-corrected chi connectivity index (χ2v) is 6.79. The minimum absolute atomic E-state index is 0.0435. The Morgan fingerprint density at radius 1 is 1.00 bits per heavy atom. The Bertz CT molecular complexity index is 1020. The molecule has 0 radical (unpaired) electrons. The number of methoxy groups -OCH3 is 1. The molecule has 6 heteroatoms. The van der Waals surface area contributed by atoms with Gasteiger partial charge in [-0.2, -0.15) is 0 Å². The van der Waals surface area contributed by atoms with Crippen molar-refractivity contribution in [2.24, 2.45) is 0 Å². The van der Waals surface area contributed by atoms with Gasteiger partial charge in [0.25, 0.3) is 11.8 Å². The molecule has 1 aromatic heterocycles. The number of amides is 2. The van der Waals surface area contributed by atoms with Gasteiger partial charge in [-0.3, -0.25) is 9.59 Å². The number of likely N-dealkylation sites (tertiary alicyclic amines) is 1. The van der Waals surface area contributed by atoms with Crippen LogP contribution < -0.4 is 10.1 Å². The van der Waals surface area contributed by atoms with Crippen molar-refractivity contribution in [2.45, 2.75) is 12.8 Å². The van der Waals surface area contributed by atoms with Gasteiger partial charge in [-0.05, 0) is 61.4 Å². The molecule has 142 valence electrons. The highest BCUT2D eigenvalue weighted by atomic mass is 16.5. The van der Waals surface area contributed by atoms with Gasteiger partial charge in [0.2, 0.25) is 0 Å². The van der Waals surface area contributed by atoms with Gasteiger partial charge >= 0.3 is 0 Å². The summed E-state index contributed by atoms with van der Waals surface area (Å²) in [6.07, 6.45) is 2.12. The van der Waals surface area contributed by atoms with Crippen molar-refractivity contribution in [3.05, 3.63) is 65.9 Å². The Balaban J connectivity index is 1.47. The summed E-state index contributed by atoms with van der Waals surface area (Å²) in [6.45, 7) is 1.63. The Hall–Kier alpha value is -3.41. The number of aromatic nitrogens is 1. The van der Waals surface area contributed by atoms with E-state index < -0.39 is 0 Å². The van der Waals surface area contributed by atoms with E-state index in [4.69, 9.17) is 4.74 Å². The first-order chi connectivity index (χ1) is 13.6. The molecule has 4 rings (SSSR count). The van der Waals surface area contributed by atoms with Gasteiger partial charge in [0.1, 0.15) is 11.4 Å². The molecule has 0 spiro atoms. The van der Waals surface area contributed by atoms with E-state index >= 15 is 0 Å². The Labute approximate surface area is 163 Å². The number of hydrogen-bond acceptors (Lipinski definition) is 4. The molecule has 28 heavy (non-hydrogen) atoms. The second kappa shape index (κ2) is 7.68. The molecule has 2 amide bonds. The molecule has 0 aliphatic carbocycles. The van der Waals surface area contributed by atoms with Crippen molar-refractivity contribution in [3.8, 4) is 5.75 Å². The summed E-state index contributed by atoms with van der Waals surface area (Å²) in [5.41, 5.74) is 2.31. The lowest BCUT2D eigenvalue weighted by atomic mass is 10.1. The summed E-state index contributed by atoms with van der Waals surface area (Å²) in [4.78, 5) is 31.2. The molecule has 1 aliphatic rings. The highest BCUT2D eigenvalue weighted by Gasteiger charge is 2.19. The van der Waals surface area contributed by atoms with Crippen molar-refractivity contribution in [1.29, 1.82) is 0 Å². The molecule has 2 aromatic carbocycles. The smallest absolute Gasteiger partial charge is 0.274 e. The fraction of sp³-hybridized carbons (Fsp3) is 0.227. The maximum atomic E-state index is 12.5. The number of carbonyl (C=O) groups excluding carboxylic acids is 2. The first-order valence-electron chi connectivity index (χ1n) is 9.29. The van der Waals surface area contributed by atoms with Gasteiger partial charge in [-0.15, -0.1) is 0 Å². The van der Waals surface area contributed by atoms with E-state index in [9.17, 15) is 9.59 Å². The van der Waals surface area contributed by atoms with Crippen LogP contribution in [0.1, 0.15) is 33.7 Å². The summed E-state index contributed by atoms with van der Waals surface area (Å²) in [5.74, 6) is 0.494. The number of pyridine rings is 1. The molecule has 1 aliphatic heterocycles. The Morgan fingerprint density at radius 2 is 1.75 bits per heavy atom. The molecule has 0 saturated carbocycles. The van der Waals surface area contributed by atoms with Crippen LogP contribution in [-0.4, -0.2) is 41.9 Å². The topological polar surface area (TPSA) is 71.5 Å². The van der Waals surface area contributed by atoms with Crippen LogP contribution in [0.15, 0.2) is 54.6 Å². The van der Waals surface area contributed by atoms with Crippen LogP contribution in [-0.2, 0) is 0 Å². The lowest BCUT2D eigenvalue weighted by Crippen LogP contribution is -2.27. The highest BCUT2D eigenvalue weighted by Crippen LogP contribution is 2.20. The van der Waals surface area contributed by atoms with Crippen LogP contribution in [0.4, 0.5) is 5.69 Å². The average Bonchev–Trinajstić information content (AvgIpc) is 3.28. The number of carbonyl (C=O) groups is 2. The highest BCUT2D eigenvalue weighted by molar-refractivity contribution is 6.04. The molecular weight excluding hydrogens is 354 g/mol. The number of fused-ring (bicyclic) bond motifs is 1. The molecule has 2 heterocycles. The van der Waals surface area contributed by atoms with Crippen molar-refractivity contribution in [1.82, 2.24) is 9.88 Å². The summed E-state index contributed by atoms with van der Waals surface area (Å²) in [5, 5.41) is 3.73. The quantitative estimate of drug-likeness (QED) is 0.754. The molecule has 0 atom stereocenters. The zero-order chi connectivity index (χ0) is 19.5. The van der Waals surface area contributed by atoms with Crippen molar-refractivity contribution in [2.75, 3.05) is 25.5 Å². The first kappa shape index (κ1) is 18.0. The van der Waals surface area contributed by atoms with Gasteiger partial charge in [0.15, 0.2) is 0 Å². The number of hydrogen-bond donors (Lipinski definition) is 1. The third-order valence-electron chi connectivity index (χ3n) is 4.91. The van der Waals surface area contributed by atoms with Gasteiger partial charge in [0.05, 0.1) is 12.6 Å².